The summed E-state index contributed by atoms with van der Waals surface area (Å²) in [6, 6.07) is 0. The second-order valence-corrected chi connectivity index (χ2v) is 4.06. The quantitative estimate of drug-likeness (QED) is 0.447. The molecule has 1 aliphatic heterocycles. The molecule has 0 amide bonds. The first-order chi connectivity index (χ1) is 8.72. The second-order valence-electron chi connectivity index (χ2n) is 4.06. The van der Waals surface area contributed by atoms with E-state index in [0.29, 0.717) is 24.8 Å². The highest BCUT2D eigenvalue weighted by molar-refractivity contribution is 5.87. The van der Waals surface area contributed by atoms with Crippen LogP contribution in [0.5, 0.6) is 0 Å². The molecule has 1 rings (SSSR count). The molecule has 5 nitrogen and oxygen atoms in total. The summed E-state index contributed by atoms with van der Waals surface area (Å²) >= 11 is 0. The van der Waals surface area contributed by atoms with E-state index in [1.807, 2.05) is 0 Å². The molecule has 1 unspecified atom stereocenters. The summed E-state index contributed by atoms with van der Waals surface area (Å²) in [6.45, 7) is 7.05. The molecule has 1 aliphatic rings. The molecule has 0 aromatic heterocycles. The Morgan fingerprint density at radius 3 is 2.94 bits per heavy atom. The van der Waals surface area contributed by atoms with Crippen LogP contribution in [0.15, 0.2) is 29.5 Å². The molecule has 5 heteroatoms. The van der Waals surface area contributed by atoms with Gasteiger partial charge < -0.3 is 19.9 Å². The van der Waals surface area contributed by atoms with Crippen LogP contribution in [-0.4, -0.2) is 32.0 Å². The number of aliphatic imine (C=N–C) groups is 1. The lowest BCUT2D eigenvalue weighted by atomic mass is 10.2. The molecule has 0 aliphatic carbocycles. The molecule has 0 aromatic rings. The Kier molecular flexibility index (Phi) is 7.13. The van der Waals surface area contributed by atoms with Gasteiger partial charge in [-0.1, -0.05) is 6.58 Å². The van der Waals surface area contributed by atoms with Crippen LogP contribution < -0.4 is 5.73 Å². The molecule has 1 saturated heterocycles. The van der Waals surface area contributed by atoms with Crippen LogP contribution in [0.25, 0.3) is 0 Å². The Bertz CT molecular complexity index is 303. The van der Waals surface area contributed by atoms with Gasteiger partial charge in [0.05, 0.1) is 6.61 Å². The van der Waals surface area contributed by atoms with Crippen LogP contribution in [-0.2, 0) is 14.2 Å². The number of nitrogens with zero attached hydrogens (tertiary/aromatic N) is 1. The van der Waals surface area contributed by atoms with Crippen molar-refractivity contribution < 1.29 is 14.2 Å². The summed E-state index contributed by atoms with van der Waals surface area (Å²) in [5.41, 5.74) is 6.09. The van der Waals surface area contributed by atoms with Crippen molar-refractivity contribution in [2.24, 2.45) is 10.7 Å². The third-order valence-electron chi connectivity index (χ3n) is 2.34. The summed E-state index contributed by atoms with van der Waals surface area (Å²) in [7, 11) is 0. The normalized spacial score (nSPS) is 21.7. The lowest BCUT2D eigenvalue weighted by Gasteiger charge is -2.22. The maximum absolute atomic E-state index is 5.53. The molecule has 102 valence electrons. The monoisotopic (exact) mass is 254 g/mol. The van der Waals surface area contributed by atoms with Gasteiger partial charge in [-0.15, -0.1) is 0 Å². The van der Waals surface area contributed by atoms with Crippen molar-refractivity contribution in [2.75, 3.05) is 19.8 Å². The van der Waals surface area contributed by atoms with Crippen LogP contribution in [0.1, 0.15) is 26.2 Å². The van der Waals surface area contributed by atoms with E-state index in [9.17, 15) is 0 Å². The summed E-state index contributed by atoms with van der Waals surface area (Å²) in [5.74, 6) is 0.438. The fourth-order valence-corrected chi connectivity index (χ4v) is 1.48. The fourth-order valence-electron chi connectivity index (χ4n) is 1.48. The molecular formula is C13H22N2O3. The Balaban J connectivity index is 2.17. The largest absolute Gasteiger partial charge is 0.475 e. The molecule has 0 saturated carbocycles. The number of rotatable bonds is 6. The van der Waals surface area contributed by atoms with Gasteiger partial charge in [-0.3, -0.25) is 0 Å². The second kappa shape index (κ2) is 8.72. The summed E-state index contributed by atoms with van der Waals surface area (Å²) < 4.78 is 16.3. The lowest BCUT2D eigenvalue weighted by molar-refractivity contribution is -0.165. The number of ether oxygens (including phenoxy) is 3. The molecular weight excluding hydrogens is 232 g/mol. The molecule has 1 atom stereocenters. The zero-order valence-electron chi connectivity index (χ0n) is 10.9. The predicted molar refractivity (Wildman–Crippen MR) is 71.1 cm³/mol. The van der Waals surface area contributed by atoms with Crippen LogP contribution in [0.3, 0.4) is 0 Å². The third kappa shape index (κ3) is 6.42. The highest BCUT2D eigenvalue weighted by Gasteiger charge is 2.13. The Hall–Kier alpha value is -1.33. The van der Waals surface area contributed by atoms with Gasteiger partial charge >= 0.3 is 0 Å². The zero-order valence-corrected chi connectivity index (χ0v) is 10.9. The van der Waals surface area contributed by atoms with E-state index in [2.05, 4.69) is 11.6 Å². The van der Waals surface area contributed by atoms with Crippen molar-refractivity contribution in [1.82, 2.24) is 0 Å². The molecule has 2 N–H and O–H groups in total. The molecule has 0 aromatic carbocycles. The van der Waals surface area contributed by atoms with Crippen molar-refractivity contribution in [3.8, 4) is 0 Å². The lowest BCUT2D eigenvalue weighted by Crippen LogP contribution is -2.24. The van der Waals surface area contributed by atoms with Crippen molar-refractivity contribution in [1.29, 1.82) is 0 Å². The van der Waals surface area contributed by atoms with Gasteiger partial charge in [-0.05, 0) is 32.3 Å². The Labute approximate surface area is 108 Å². The minimum Gasteiger partial charge on any atom is -0.475 e. The van der Waals surface area contributed by atoms with E-state index < -0.39 is 0 Å². The maximum atomic E-state index is 5.53. The molecule has 0 spiro atoms. The predicted octanol–water partition coefficient (Wildman–Crippen LogP) is 1.95. The van der Waals surface area contributed by atoms with Crippen molar-refractivity contribution >= 4 is 5.90 Å². The van der Waals surface area contributed by atoms with Crippen molar-refractivity contribution in [2.45, 2.75) is 32.5 Å². The van der Waals surface area contributed by atoms with Crippen molar-refractivity contribution in [3.05, 3.63) is 24.6 Å². The average Bonchev–Trinajstić information content (AvgIpc) is 2.39. The van der Waals surface area contributed by atoms with Gasteiger partial charge in [0.15, 0.2) is 6.29 Å². The number of nitrogens with two attached hydrogens (primary N) is 1. The van der Waals surface area contributed by atoms with E-state index in [1.165, 1.54) is 12.3 Å². The summed E-state index contributed by atoms with van der Waals surface area (Å²) in [6.07, 6.45) is 6.22. The van der Waals surface area contributed by atoms with Crippen LogP contribution in [0.2, 0.25) is 0 Å². The smallest absolute Gasteiger partial charge is 0.212 e. The van der Waals surface area contributed by atoms with Gasteiger partial charge in [0.25, 0.3) is 0 Å². The number of hydrogen-bond acceptors (Lipinski definition) is 5. The van der Waals surface area contributed by atoms with Gasteiger partial charge in [-0.25, -0.2) is 4.99 Å². The first kappa shape index (κ1) is 14.7. The zero-order chi connectivity index (χ0) is 13.2. The standard InChI is InChI=1S/C13H22N2O3/c1-3-12(15-10-11(2)14)16-8-9-18-13-6-4-5-7-17-13/h3,10,13H,1,4-9,14H2,2H3/b11-10-,15-12?. The van der Waals surface area contributed by atoms with Crippen molar-refractivity contribution in [3.63, 3.8) is 0 Å². The van der Waals surface area contributed by atoms with Gasteiger partial charge in [0, 0.05) is 18.5 Å². The highest BCUT2D eigenvalue weighted by Crippen LogP contribution is 2.13. The third-order valence-corrected chi connectivity index (χ3v) is 2.34. The van der Waals surface area contributed by atoms with Crippen LogP contribution in [0.4, 0.5) is 0 Å². The molecule has 1 fully saturated rings. The SMILES string of the molecule is C=CC(=N/C=C(/C)N)OCCOC1CCCCO1. The van der Waals surface area contributed by atoms with Crippen LogP contribution in [0, 0.1) is 0 Å². The van der Waals surface area contributed by atoms with E-state index >= 15 is 0 Å². The topological polar surface area (TPSA) is 66.1 Å². The highest BCUT2D eigenvalue weighted by atomic mass is 16.7. The van der Waals surface area contributed by atoms with E-state index in [1.54, 1.807) is 6.92 Å². The van der Waals surface area contributed by atoms with Gasteiger partial charge in [-0.2, -0.15) is 0 Å². The van der Waals surface area contributed by atoms with Gasteiger partial charge in [0.2, 0.25) is 5.90 Å². The Morgan fingerprint density at radius 2 is 2.33 bits per heavy atom. The van der Waals surface area contributed by atoms with E-state index in [4.69, 9.17) is 19.9 Å². The fraction of sp³-hybridized carbons (Fsp3) is 0.615. The summed E-state index contributed by atoms with van der Waals surface area (Å²) in [5, 5.41) is 0. The minimum atomic E-state index is -0.0855. The number of hydrogen-bond donors (Lipinski definition) is 1. The first-order valence-corrected chi connectivity index (χ1v) is 6.21. The summed E-state index contributed by atoms with van der Waals surface area (Å²) in [4.78, 5) is 4.03. The molecule has 1 heterocycles. The van der Waals surface area contributed by atoms with E-state index in [-0.39, 0.29) is 6.29 Å². The number of allylic oxidation sites excluding steroid dienone is 1. The molecule has 0 radical (unpaired) electrons. The first-order valence-electron chi connectivity index (χ1n) is 6.21. The minimum absolute atomic E-state index is 0.0855. The van der Waals surface area contributed by atoms with Crippen LogP contribution >= 0.6 is 0 Å². The van der Waals surface area contributed by atoms with Gasteiger partial charge in [0.1, 0.15) is 6.61 Å². The average molecular weight is 254 g/mol. The molecule has 18 heavy (non-hydrogen) atoms. The Morgan fingerprint density at radius 1 is 1.50 bits per heavy atom. The maximum Gasteiger partial charge on any atom is 0.212 e. The van der Waals surface area contributed by atoms with E-state index in [0.717, 1.165) is 25.9 Å². The molecule has 0 bridgehead atoms.